The van der Waals surface area contributed by atoms with Crippen molar-refractivity contribution in [1.82, 2.24) is 14.5 Å². The molecule has 3 N–H and O–H groups in total. The summed E-state index contributed by atoms with van der Waals surface area (Å²) >= 11 is 0. The predicted octanol–water partition coefficient (Wildman–Crippen LogP) is 6.14. The van der Waals surface area contributed by atoms with Crippen LogP contribution < -0.4 is 16.0 Å². The molecule has 0 fully saturated rings. The predicted molar refractivity (Wildman–Crippen MR) is 153 cm³/mol. The van der Waals surface area contributed by atoms with Gasteiger partial charge in [-0.3, -0.25) is 4.79 Å². The number of ether oxygens (including phenoxy) is 1. The molecule has 188 valence electrons. The lowest BCUT2D eigenvalue weighted by atomic mass is 10.0. The highest BCUT2D eigenvalue weighted by atomic mass is 16.5. The standard InChI is InChI=1S/C32H28N4O2/c33-16-7-17-36-20-27(26-19-25(13-15-30(26)36)38-21-22-8-3-1-4-9-22)31-32(37)35-29-18-24(12-14-28(29)34-31)23-10-5-2-6-11-23/h1-6,8-15,18-20H,7,16-17,21,33H2,(H,35,37). The quantitative estimate of drug-likeness (QED) is 0.263. The van der Waals surface area contributed by atoms with Crippen molar-refractivity contribution in [3.8, 4) is 28.1 Å². The molecule has 0 bridgehead atoms. The van der Waals surface area contributed by atoms with Crippen molar-refractivity contribution in [3.05, 3.63) is 119 Å². The van der Waals surface area contributed by atoms with Gasteiger partial charge in [0.25, 0.3) is 5.56 Å². The molecule has 0 saturated carbocycles. The van der Waals surface area contributed by atoms with Crippen molar-refractivity contribution in [3.63, 3.8) is 0 Å². The summed E-state index contributed by atoms with van der Waals surface area (Å²) in [6, 6.07) is 32.1. The highest BCUT2D eigenvalue weighted by molar-refractivity contribution is 5.97. The zero-order chi connectivity index (χ0) is 25.9. The molecule has 6 heteroatoms. The molecule has 6 aromatic rings. The maximum absolute atomic E-state index is 13.4. The maximum atomic E-state index is 13.4. The van der Waals surface area contributed by atoms with Crippen LogP contribution in [-0.2, 0) is 13.2 Å². The van der Waals surface area contributed by atoms with Crippen molar-refractivity contribution in [2.75, 3.05) is 6.54 Å². The van der Waals surface area contributed by atoms with E-state index in [0.717, 1.165) is 57.4 Å². The molecule has 0 radical (unpaired) electrons. The Kier molecular flexibility index (Phi) is 6.46. The second kappa shape index (κ2) is 10.4. The van der Waals surface area contributed by atoms with Gasteiger partial charge in [0.15, 0.2) is 0 Å². The van der Waals surface area contributed by atoms with E-state index >= 15 is 0 Å². The van der Waals surface area contributed by atoms with E-state index in [2.05, 4.69) is 21.7 Å². The molecule has 38 heavy (non-hydrogen) atoms. The molecule has 2 heterocycles. The van der Waals surface area contributed by atoms with Crippen LogP contribution in [0.4, 0.5) is 0 Å². The lowest BCUT2D eigenvalue weighted by molar-refractivity contribution is 0.306. The van der Waals surface area contributed by atoms with E-state index in [4.69, 9.17) is 15.5 Å². The van der Waals surface area contributed by atoms with E-state index in [1.165, 1.54) is 0 Å². The van der Waals surface area contributed by atoms with Gasteiger partial charge in [-0.2, -0.15) is 0 Å². The Bertz CT molecular complexity index is 1770. The zero-order valence-electron chi connectivity index (χ0n) is 20.9. The maximum Gasteiger partial charge on any atom is 0.275 e. The molecule has 0 aliphatic carbocycles. The normalized spacial score (nSPS) is 11.3. The molecule has 6 nitrogen and oxygen atoms in total. The van der Waals surface area contributed by atoms with Crippen molar-refractivity contribution < 1.29 is 4.74 Å². The molecule has 0 spiro atoms. The third kappa shape index (κ3) is 4.69. The summed E-state index contributed by atoms with van der Waals surface area (Å²) in [5.74, 6) is 0.740. The molecular weight excluding hydrogens is 472 g/mol. The fourth-order valence-electron chi connectivity index (χ4n) is 4.82. The van der Waals surface area contributed by atoms with Gasteiger partial charge in [-0.25, -0.2) is 4.98 Å². The van der Waals surface area contributed by atoms with E-state index in [9.17, 15) is 4.79 Å². The van der Waals surface area contributed by atoms with Gasteiger partial charge < -0.3 is 20.0 Å². The number of nitrogens with two attached hydrogens (primary N) is 1. The fraction of sp³-hybridized carbons (Fsp3) is 0.125. The van der Waals surface area contributed by atoms with Crippen molar-refractivity contribution in [1.29, 1.82) is 0 Å². The van der Waals surface area contributed by atoms with Gasteiger partial charge in [-0.1, -0.05) is 66.7 Å². The summed E-state index contributed by atoms with van der Waals surface area (Å²) in [6.45, 7) is 1.81. The van der Waals surface area contributed by atoms with Crippen LogP contribution in [0.25, 0.3) is 44.3 Å². The molecule has 0 aliphatic heterocycles. The summed E-state index contributed by atoms with van der Waals surface area (Å²) in [6.07, 6.45) is 2.84. The van der Waals surface area contributed by atoms with Crippen LogP contribution in [0.2, 0.25) is 0 Å². The van der Waals surface area contributed by atoms with Gasteiger partial charge in [0.05, 0.1) is 11.0 Å². The summed E-state index contributed by atoms with van der Waals surface area (Å²) in [5.41, 5.74) is 12.4. The van der Waals surface area contributed by atoms with Crippen LogP contribution in [0.1, 0.15) is 12.0 Å². The molecule has 2 aromatic heterocycles. The van der Waals surface area contributed by atoms with E-state index < -0.39 is 0 Å². The monoisotopic (exact) mass is 500 g/mol. The number of hydrogen-bond donors (Lipinski definition) is 2. The smallest absolute Gasteiger partial charge is 0.275 e. The summed E-state index contributed by atoms with van der Waals surface area (Å²) < 4.78 is 8.24. The Balaban J connectivity index is 1.42. The number of hydrogen-bond acceptors (Lipinski definition) is 4. The number of aromatic amines is 1. The molecule has 6 rings (SSSR count). The number of benzene rings is 4. The van der Waals surface area contributed by atoms with Crippen LogP contribution >= 0.6 is 0 Å². The summed E-state index contributed by atoms with van der Waals surface area (Å²) in [4.78, 5) is 21.3. The average Bonchev–Trinajstić information content (AvgIpc) is 3.32. The first-order valence-corrected chi connectivity index (χ1v) is 12.8. The first-order chi connectivity index (χ1) is 18.7. The summed E-state index contributed by atoms with van der Waals surface area (Å²) in [7, 11) is 0. The van der Waals surface area contributed by atoms with Gasteiger partial charge in [0.1, 0.15) is 18.1 Å². The molecule has 0 unspecified atom stereocenters. The minimum absolute atomic E-state index is 0.226. The number of nitrogens with zero attached hydrogens (tertiary/aromatic N) is 2. The van der Waals surface area contributed by atoms with Gasteiger partial charge in [0, 0.05) is 29.2 Å². The number of H-pyrrole nitrogens is 1. The lowest BCUT2D eigenvalue weighted by Gasteiger charge is -2.08. The molecular formula is C32H28N4O2. The minimum Gasteiger partial charge on any atom is -0.489 e. The molecule has 4 aromatic carbocycles. The average molecular weight is 501 g/mol. The largest absolute Gasteiger partial charge is 0.489 e. The number of aromatic nitrogens is 3. The third-order valence-electron chi connectivity index (χ3n) is 6.76. The topological polar surface area (TPSA) is 85.9 Å². The number of nitrogens with one attached hydrogen (secondary N) is 1. The molecule has 0 saturated heterocycles. The Morgan fingerprint density at radius 1 is 0.868 bits per heavy atom. The Hall–Kier alpha value is -4.68. The first-order valence-electron chi connectivity index (χ1n) is 12.8. The van der Waals surface area contributed by atoms with Crippen molar-refractivity contribution in [2.45, 2.75) is 19.6 Å². The van der Waals surface area contributed by atoms with Crippen LogP contribution in [-0.4, -0.2) is 21.1 Å². The van der Waals surface area contributed by atoms with Crippen molar-refractivity contribution >= 4 is 21.9 Å². The van der Waals surface area contributed by atoms with Gasteiger partial charge in [0.2, 0.25) is 0 Å². The second-order valence-corrected chi connectivity index (χ2v) is 9.34. The molecule has 0 amide bonds. The fourth-order valence-corrected chi connectivity index (χ4v) is 4.82. The van der Waals surface area contributed by atoms with Gasteiger partial charge in [-0.15, -0.1) is 0 Å². The molecule has 0 aliphatic rings. The number of aryl methyl sites for hydroxylation is 1. The highest BCUT2D eigenvalue weighted by Crippen LogP contribution is 2.32. The van der Waals surface area contributed by atoms with Gasteiger partial charge >= 0.3 is 0 Å². The Labute approximate surface area is 220 Å². The lowest BCUT2D eigenvalue weighted by Crippen LogP contribution is -2.11. The van der Waals surface area contributed by atoms with E-state index in [0.29, 0.717) is 24.4 Å². The van der Waals surface area contributed by atoms with Crippen LogP contribution in [0.3, 0.4) is 0 Å². The van der Waals surface area contributed by atoms with Crippen LogP contribution in [0, 0.1) is 0 Å². The minimum atomic E-state index is -0.226. The number of fused-ring (bicyclic) bond motifs is 2. The zero-order valence-corrected chi connectivity index (χ0v) is 20.9. The Morgan fingerprint density at radius 3 is 2.45 bits per heavy atom. The molecule has 0 atom stereocenters. The van der Waals surface area contributed by atoms with Crippen LogP contribution in [0.5, 0.6) is 5.75 Å². The SMILES string of the molecule is NCCCn1cc(-c2nc3ccc(-c4ccccc4)cc3[nH]c2=O)c2cc(OCc3ccccc3)ccc21. The van der Waals surface area contributed by atoms with E-state index in [1.807, 2.05) is 91.1 Å². The summed E-state index contributed by atoms with van der Waals surface area (Å²) in [5, 5.41) is 0.922. The van der Waals surface area contributed by atoms with Crippen molar-refractivity contribution in [2.24, 2.45) is 5.73 Å². The highest BCUT2D eigenvalue weighted by Gasteiger charge is 2.17. The van der Waals surface area contributed by atoms with Gasteiger partial charge in [-0.05, 0) is 60.0 Å². The number of rotatable bonds is 8. The Morgan fingerprint density at radius 2 is 1.66 bits per heavy atom. The van der Waals surface area contributed by atoms with E-state index in [1.54, 1.807) is 0 Å². The first kappa shape index (κ1) is 23.7. The third-order valence-corrected chi connectivity index (χ3v) is 6.76. The van der Waals surface area contributed by atoms with Crippen LogP contribution in [0.15, 0.2) is 108 Å². The van der Waals surface area contributed by atoms with E-state index in [-0.39, 0.29) is 5.56 Å². The second-order valence-electron chi connectivity index (χ2n) is 9.34.